The van der Waals surface area contributed by atoms with Crippen LogP contribution in [0.2, 0.25) is 0 Å². The zero-order chi connectivity index (χ0) is 21.3. The molecular weight excluding hydrogens is 408 g/mol. The van der Waals surface area contributed by atoms with E-state index < -0.39 is 10.0 Å². The molecule has 0 spiro atoms. The topological polar surface area (TPSA) is 118 Å². The second kappa shape index (κ2) is 7.86. The lowest BCUT2D eigenvalue weighted by molar-refractivity contribution is 0.0793. The predicted octanol–water partition coefficient (Wildman–Crippen LogP) is 3.02. The Bertz CT molecular complexity index is 1180. The van der Waals surface area contributed by atoms with E-state index in [-0.39, 0.29) is 22.3 Å². The number of rotatable bonds is 6. The van der Waals surface area contributed by atoms with Gasteiger partial charge in [-0.15, -0.1) is 0 Å². The van der Waals surface area contributed by atoms with Crippen LogP contribution < -0.4 is 9.46 Å². The second-order valence-electron chi connectivity index (χ2n) is 7.03. The molecule has 1 aromatic carbocycles. The molecule has 3 heterocycles. The van der Waals surface area contributed by atoms with E-state index in [9.17, 15) is 13.2 Å². The van der Waals surface area contributed by atoms with Crippen molar-refractivity contribution in [1.29, 1.82) is 0 Å². The smallest absolute Gasteiger partial charge is 0.265 e. The number of ether oxygens (including phenoxy) is 1. The molecule has 0 atom stereocenters. The van der Waals surface area contributed by atoms with Crippen molar-refractivity contribution in [3.8, 4) is 17.2 Å². The fraction of sp³-hybridized carbons (Fsp3) is 0.300. The summed E-state index contributed by atoms with van der Waals surface area (Å²) in [5.41, 5.74) is 1.08. The molecule has 9 nitrogen and oxygen atoms in total. The highest BCUT2D eigenvalue weighted by atomic mass is 32.2. The van der Waals surface area contributed by atoms with Gasteiger partial charge < -0.3 is 14.1 Å². The van der Waals surface area contributed by atoms with Crippen LogP contribution in [0.5, 0.6) is 5.75 Å². The average Bonchev–Trinajstić information content (AvgIpc) is 3.47. The Morgan fingerprint density at radius 1 is 1.27 bits per heavy atom. The number of carbonyl (C=O) groups excluding carboxylic acids is 1. The Labute approximate surface area is 174 Å². The SMILES string of the molecule is COc1cccc(NS(=O)(=O)c2cc(-c3[nH]ncc3C(=O)N3CCCC3)oc2C)c1. The van der Waals surface area contributed by atoms with Gasteiger partial charge in [0.15, 0.2) is 5.76 Å². The number of aryl methyl sites for hydroxylation is 1. The van der Waals surface area contributed by atoms with Crippen LogP contribution in [0.4, 0.5) is 5.69 Å². The van der Waals surface area contributed by atoms with Gasteiger partial charge in [0.2, 0.25) is 0 Å². The third kappa shape index (κ3) is 3.78. The summed E-state index contributed by atoms with van der Waals surface area (Å²) < 4.78 is 39.2. The molecular formula is C20H22N4O5S. The van der Waals surface area contributed by atoms with Crippen molar-refractivity contribution in [2.45, 2.75) is 24.7 Å². The molecule has 10 heteroatoms. The fourth-order valence-electron chi connectivity index (χ4n) is 3.48. The minimum absolute atomic E-state index is 0.0190. The van der Waals surface area contributed by atoms with Crippen molar-refractivity contribution in [2.24, 2.45) is 0 Å². The van der Waals surface area contributed by atoms with Crippen LogP contribution >= 0.6 is 0 Å². The van der Waals surface area contributed by atoms with E-state index in [1.54, 1.807) is 36.1 Å². The first-order chi connectivity index (χ1) is 14.4. The van der Waals surface area contributed by atoms with Gasteiger partial charge in [0.05, 0.1) is 24.6 Å². The molecule has 2 aromatic heterocycles. The number of hydrogen-bond donors (Lipinski definition) is 2. The summed E-state index contributed by atoms with van der Waals surface area (Å²) in [5, 5.41) is 6.73. The molecule has 30 heavy (non-hydrogen) atoms. The molecule has 1 saturated heterocycles. The van der Waals surface area contributed by atoms with Crippen LogP contribution in [0.25, 0.3) is 11.5 Å². The van der Waals surface area contributed by atoms with Crippen molar-refractivity contribution in [2.75, 3.05) is 24.9 Å². The minimum Gasteiger partial charge on any atom is -0.497 e. The van der Waals surface area contributed by atoms with Crippen LogP contribution in [0.15, 0.2) is 45.8 Å². The maximum atomic E-state index is 12.9. The number of amides is 1. The summed E-state index contributed by atoms with van der Waals surface area (Å²) in [5.74, 6) is 0.819. The molecule has 1 aliphatic heterocycles. The molecule has 3 aromatic rings. The minimum atomic E-state index is -3.92. The molecule has 0 saturated carbocycles. The maximum absolute atomic E-state index is 12.9. The van der Waals surface area contributed by atoms with Gasteiger partial charge in [0.1, 0.15) is 22.1 Å². The van der Waals surface area contributed by atoms with Crippen LogP contribution in [0, 0.1) is 6.92 Å². The number of carbonyl (C=O) groups is 1. The van der Waals surface area contributed by atoms with Crippen molar-refractivity contribution >= 4 is 21.6 Å². The first-order valence-corrected chi connectivity index (χ1v) is 11.0. The monoisotopic (exact) mass is 430 g/mol. The van der Waals surface area contributed by atoms with E-state index >= 15 is 0 Å². The first-order valence-electron chi connectivity index (χ1n) is 9.49. The number of benzene rings is 1. The lowest BCUT2D eigenvalue weighted by atomic mass is 10.2. The number of sulfonamides is 1. The molecule has 4 rings (SSSR count). The van der Waals surface area contributed by atoms with Gasteiger partial charge in [-0.05, 0) is 31.9 Å². The van der Waals surface area contributed by atoms with Crippen molar-refractivity contribution < 1.29 is 22.4 Å². The molecule has 0 radical (unpaired) electrons. The number of nitrogens with zero attached hydrogens (tertiary/aromatic N) is 2. The molecule has 0 bridgehead atoms. The molecule has 1 aliphatic rings. The summed E-state index contributed by atoms with van der Waals surface area (Å²) in [6.07, 6.45) is 3.38. The number of aromatic amines is 1. The summed E-state index contributed by atoms with van der Waals surface area (Å²) in [7, 11) is -2.41. The highest BCUT2D eigenvalue weighted by Crippen LogP contribution is 2.31. The highest BCUT2D eigenvalue weighted by molar-refractivity contribution is 7.92. The highest BCUT2D eigenvalue weighted by Gasteiger charge is 2.28. The Balaban J connectivity index is 1.64. The largest absolute Gasteiger partial charge is 0.497 e. The summed E-state index contributed by atoms with van der Waals surface area (Å²) in [4.78, 5) is 14.5. The second-order valence-corrected chi connectivity index (χ2v) is 8.68. The van der Waals surface area contributed by atoms with E-state index in [1.165, 1.54) is 19.4 Å². The van der Waals surface area contributed by atoms with E-state index in [0.717, 1.165) is 12.8 Å². The molecule has 0 unspecified atom stereocenters. The quantitative estimate of drug-likeness (QED) is 0.621. The van der Waals surface area contributed by atoms with Gasteiger partial charge in [0, 0.05) is 25.2 Å². The molecule has 1 amide bonds. The number of hydrogen-bond acceptors (Lipinski definition) is 6. The van der Waals surface area contributed by atoms with E-state index in [1.807, 2.05) is 0 Å². The Morgan fingerprint density at radius 2 is 2.03 bits per heavy atom. The van der Waals surface area contributed by atoms with Gasteiger partial charge in [-0.3, -0.25) is 14.6 Å². The number of aromatic nitrogens is 2. The van der Waals surface area contributed by atoms with E-state index in [2.05, 4.69) is 14.9 Å². The van der Waals surface area contributed by atoms with E-state index in [0.29, 0.717) is 35.8 Å². The summed E-state index contributed by atoms with van der Waals surface area (Å²) in [6, 6.07) is 8.00. The standard InChI is InChI=1S/C20H22N4O5S/c1-13-18(30(26,27)23-14-6-5-7-15(10-14)28-2)11-17(29-13)19-16(12-21-22-19)20(25)24-8-3-4-9-24/h5-7,10-12,23H,3-4,8-9H2,1-2H3,(H,21,22). The Morgan fingerprint density at radius 3 is 2.77 bits per heavy atom. The molecule has 1 fully saturated rings. The average molecular weight is 430 g/mol. The third-order valence-electron chi connectivity index (χ3n) is 4.99. The Hall–Kier alpha value is -3.27. The molecule has 0 aliphatic carbocycles. The van der Waals surface area contributed by atoms with Crippen LogP contribution in [0.3, 0.4) is 0 Å². The fourth-order valence-corrected chi connectivity index (χ4v) is 4.71. The van der Waals surface area contributed by atoms with Crippen LogP contribution in [-0.2, 0) is 10.0 Å². The number of furan rings is 1. The summed E-state index contributed by atoms with van der Waals surface area (Å²) in [6.45, 7) is 2.96. The van der Waals surface area contributed by atoms with Crippen molar-refractivity contribution in [3.05, 3.63) is 47.9 Å². The predicted molar refractivity (Wildman–Crippen MR) is 110 cm³/mol. The zero-order valence-corrected chi connectivity index (χ0v) is 17.5. The zero-order valence-electron chi connectivity index (χ0n) is 16.6. The van der Waals surface area contributed by atoms with Crippen molar-refractivity contribution in [1.82, 2.24) is 15.1 Å². The first kappa shape index (κ1) is 20.0. The van der Waals surface area contributed by atoms with Gasteiger partial charge in [0.25, 0.3) is 15.9 Å². The normalized spacial score (nSPS) is 14.1. The van der Waals surface area contributed by atoms with Crippen LogP contribution in [-0.4, -0.2) is 49.6 Å². The number of methoxy groups -OCH3 is 1. The van der Waals surface area contributed by atoms with Gasteiger partial charge >= 0.3 is 0 Å². The van der Waals surface area contributed by atoms with Crippen molar-refractivity contribution in [3.63, 3.8) is 0 Å². The number of nitrogens with one attached hydrogen (secondary N) is 2. The number of likely N-dealkylation sites (tertiary alicyclic amines) is 1. The third-order valence-corrected chi connectivity index (χ3v) is 6.48. The van der Waals surface area contributed by atoms with Gasteiger partial charge in [-0.2, -0.15) is 5.10 Å². The maximum Gasteiger partial charge on any atom is 0.265 e. The molecule has 2 N–H and O–H groups in total. The summed E-state index contributed by atoms with van der Waals surface area (Å²) >= 11 is 0. The lowest BCUT2D eigenvalue weighted by Crippen LogP contribution is -2.27. The van der Waals surface area contributed by atoms with Crippen LogP contribution in [0.1, 0.15) is 29.0 Å². The van der Waals surface area contributed by atoms with Gasteiger partial charge in [-0.1, -0.05) is 6.07 Å². The van der Waals surface area contributed by atoms with Gasteiger partial charge in [-0.25, -0.2) is 8.42 Å². The molecule has 158 valence electrons. The Kier molecular flexibility index (Phi) is 5.25. The lowest BCUT2D eigenvalue weighted by Gasteiger charge is -2.14. The number of anilines is 1. The number of H-pyrrole nitrogens is 1. The van der Waals surface area contributed by atoms with E-state index in [4.69, 9.17) is 9.15 Å².